The molecule has 0 atom stereocenters. The van der Waals surface area contributed by atoms with Gasteiger partial charge in [0.15, 0.2) is 5.76 Å². The van der Waals surface area contributed by atoms with Crippen molar-refractivity contribution in [2.24, 2.45) is 0 Å². The quantitative estimate of drug-likeness (QED) is 0.487. The van der Waals surface area contributed by atoms with Crippen LogP contribution in [0.3, 0.4) is 0 Å². The van der Waals surface area contributed by atoms with E-state index in [0.29, 0.717) is 0 Å². The van der Waals surface area contributed by atoms with Crippen LogP contribution in [0.2, 0.25) is 0 Å². The van der Waals surface area contributed by atoms with E-state index in [1.807, 2.05) is 67.0 Å². The molecule has 0 aliphatic carbocycles. The van der Waals surface area contributed by atoms with Gasteiger partial charge in [0.2, 0.25) is 0 Å². The number of aromatic nitrogens is 5. The highest BCUT2D eigenvalue weighted by atomic mass is 16.5. The standard InChI is InChI=1S/C21H15N5O/c1-2-16(12-17(3-1)21-24-10-11-25-21)18-13-19(27-26-18)14-4-6-15(7-5-14)20-22-8-9-23-20/h1-13H,(H,22,23)(H,24,25). The zero-order valence-electron chi connectivity index (χ0n) is 14.3. The van der Waals surface area contributed by atoms with Gasteiger partial charge in [0, 0.05) is 53.1 Å². The number of imidazole rings is 2. The summed E-state index contributed by atoms with van der Waals surface area (Å²) in [5, 5.41) is 4.23. The maximum absolute atomic E-state index is 5.57. The first-order valence-electron chi connectivity index (χ1n) is 8.54. The zero-order valence-corrected chi connectivity index (χ0v) is 14.3. The summed E-state index contributed by atoms with van der Waals surface area (Å²) in [4.78, 5) is 14.8. The predicted molar refractivity (Wildman–Crippen MR) is 103 cm³/mol. The molecule has 130 valence electrons. The van der Waals surface area contributed by atoms with Crippen LogP contribution in [0.4, 0.5) is 0 Å². The summed E-state index contributed by atoms with van der Waals surface area (Å²) in [5.74, 6) is 2.39. The Kier molecular flexibility index (Phi) is 3.65. The lowest BCUT2D eigenvalue weighted by Gasteiger charge is -2.00. The van der Waals surface area contributed by atoms with Crippen molar-refractivity contribution in [2.75, 3.05) is 0 Å². The SMILES string of the molecule is c1cc(-c2cc(-c3ccc(-c4ncc[nH]4)cc3)on2)cc(-c2ncc[nH]2)c1. The highest BCUT2D eigenvalue weighted by molar-refractivity contribution is 5.72. The average Bonchev–Trinajstić information content (AvgIpc) is 3.51. The van der Waals surface area contributed by atoms with E-state index in [4.69, 9.17) is 4.52 Å². The molecule has 5 aromatic rings. The van der Waals surface area contributed by atoms with E-state index in [-0.39, 0.29) is 0 Å². The fourth-order valence-corrected chi connectivity index (χ4v) is 3.01. The third-order valence-electron chi connectivity index (χ3n) is 4.38. The van der Waals surface area contributed by atoms with Gasteiger partial charge in [-0.25, -0.2) is 9.97 Å². The summed E-state index contributed by atoms with van der Waals surface area (Å²) >= 11 is 0. The molecule has 0 saturated carbocycles. The molecular formula is C21H15N5O. The second kappa shape index (κ2) is 6.42. The maximum Gasteiger partial charge on any atom is 0.167 e. The van der Waals surface area contributed by atoms with Crippen LogP contribution in [0.1, 0.15) is 0 Å². The van der Waals surface area contributed by atoms with E-state index in [1.165, 1.54) is 0 Å². The van der Waals surface area contributed by atoms with Crippen molar-refractivity contribution in [2.45, 2.75) is 0 Å². The Hall–Kier alpha value is -3.93. The fraction of sp³-hybridized carbons (Fsp3) is 0. The summed E-state index contributed by atoms with van der Waals surface area (Å²) in [7, 11) is 0. The normalized spacial score (nSPS) is 11.0. The van der Waals surface area contributed by atoms with Crippen LogP contribution >= 0.6 is 0 Å². The van der Waals surface area contributed by atoms with Gasteiger partial charge in [0.05, 0.1) is 0 Å². The van der Waals surface area contributed by atoms with Gasteiger partial charge in [0.1, 0.15) is 17.3 Å². The van der Waals surface area contributed by atoms with Crippen LogP contribution in [-0.4, -0.2) is 25.1 Å². The van der Waals surface area contributed by atoms with Crippen molar-refractivity contribution in [3.63, 3.8) is 0 Å². The zero-order chi connectivity index (χ0) is 18.1. The Labute approximate surface area is 154 Å². The Morgan fingerprint density at radius 3 is 2.04 bits per heavy atom. The molecule has 0 amide bonds. The van der Waals surface area contributed by atoms with Crippen molar-refractivity contribution in [3.05, 3.63) is 79.4 Å². The van der Waals surface area contributed by atoms with Crippen LogP contribution < -0.4 is 0 Å². The number of hydrogen-bond acceptors (Lipinski definition) is 4. The van der Waals surface area contributed by atoms with Crippen LogP contribution in [0.15, 0.2) is 83.9 Å². The molecule has 5 rings (SSSR count). The molecule has 3 heterocycles. The van der Waals surface area contributed by atoms with Gasteiger partial charge in [-0.1, -0.05) is 47.6 Å². The molecule has 0 spiro atoms. The molecule has 2 aromatic carbocycles. The summed E-state index contributed by atoms with van der Waals surface area (Å²) < 4.78 is 5.57. The predicted octanol–water partition coefficient (Wildman–Crippen LogP) is 4.79. The number of H-pyrrole nitrogens is 2. The lowest BCUT2D eigenvalue weighted by molar-refractivity contribution is 0.435. The molecule has 0 saturated heterocycles. The number of aromatic amines is 2. The minimum Gasteiger partial charge on any atom is -0.356 e. The fourth-order valence-electron chi connectivity index (χ4n) is 3.01. The van der Waals surface area contributed by atoms with Gasteiger partial charge >= 0.3 is 0 Å². The smallest absolute Gasteiger partial charge is 0.167 e. The van der Waals surface area contributed by atoms with Gasteiger partial charge in [-0.2, -0.15) is 0 Å². The molecule has 3 aromatic heterocycles. The second-order valence-corrected chi connectivity index (χ2v) is 6.11. The van der Waals surface area contributed by atoms with E-state index in [2.05, 4.69) is 25.1 Å². The van der Waals surface area contributed by atoms with Gasteiger partial charge in [-0.15, -0.1) is 0 Å². The number of rotatable bonds is 4. The Balaban J connectivity index is 1.44. The topological polar surface area (TPSA) is 83.4 Å². The maximum atomic E-state index is 5.57. The molecular weight excluding hydrogens is 338 g/mol. The number of benzene rings is 2. The third kappa shape index (κ3) is 2.93. The van der Waals surface area contributed by atoms with Gasteiger partial charge in [-0.05, 0) is 6.07 Å². The van der Waals surface area contributed by atoms with Crippen molar-refractivity contribution < 1.29 is 4.52 Å². The minimum absolute atomic E-state index is 0.722. The van der Waals surface area contributed by atoms with E-state index >= 15 is 0 Å². The largest absolute Gasteiger partial charge is 0.356 e. The van der Waals surface area contributed by atoms with Gasteiger partial charge in [-0.3, -0.25) is 0 Å². The monoisotopic (exact) mass is 353 g/mol. The van der Waals surface area contributed by atoms with Crippen molar-refractivity contribution in [1.29, 1.82) is 0 Å². The summed E-state index contributed by atoms with van der Waals surface area (Å²) in [5.41, 5.74) is 4.75. The van der Waals surface area contributed by atoms with Crippen LogP contribution in [0.5, 0.6) is 0 Å². The molecule has 0 aliphatic rings. The first kappa shape index (κ1) is 15.3. The van der Waals surface area contributed by atoms with E-state index in [9.17, 15) is 0 Å². The Bertz CT molecular complexity index is 1160. The first-order chi connectivity index (χ1) is 13.4. The summed E-state index contributed by atoms with van der Waals surface area (Å²) in [6.45, 7) is 0. The van der Waals surface area contributed by atoms with Crippen LogP contribution in [-0.2, 0) is 0 Å². The lowest BCUT2D eigenvalue weighted by atomic mass is 10.1. The van der Waals surface area contributed by atoms with Crippen molar-refractivity contribution in [1.82, 2.24) is 25.1 Å². The van der Waals surface area contributed by atoms with E-state index in [0.717, 1.165) is 45.4 Å². The number of hydrogen-bond donors (Lipinski definition) is 2. The molecule has 0 bridgehead atoms. The lowest BCUT2D eigenvalue weighted by Crippen LogP contribution is -1.82. The molecule has 0 unspecified atom stereocenters. The minimum atomic E-state index is 0.722. The average molecular weight is 353 g/mol. The Morgan fingerprint density at radius 1 is 0.667 bits per heavy atom. The van der Waals surface area contributed by atoms with E-state index in [1.54, 1.807) is 12.4 Å². The first-order valence-corrected chi connectivity index (χ1v) is 8.54. The molecule has 0 aliphatic heterocycles. The summed E-state index contributed by atoms with van der Waals surface area (Å²) in [6, 6.07) is 18.0. The molecule has 0 fully saturated rings. The Morgan fingerprint density at radius 2 is 1.33 bits per heavy atom. The highest BCUT2D eigenvalue weighted by Crippen LogP contribution is 2.29. The molecule has 6 heteroatoms. The van der Waals surface area contributed by atoms with Crippen molar-refractivity contribution in [3.8, 4) is 45.4 Å². The highest BCUT2D eigenvalue weighted by Gasteiger charge is 2.11. The van der Waals surface area contributed by atoms with Gasteiger partial charge < -0.3 is 14.5 Å². The van der Waals surface area contributed by atoms with Crippen molar-refractivity contribution >= 4 is 0 Å². The third-order valence-corrected chi connectivity index (χ3v) is 4.38. The molecule has 6 nitrogen and oxygen atoms in total. The second-order valence-electron chi connectivity index (χ2n) is 6.11. The number of nitrogens with zero attached hydrogens (tertiary/aromatic N) is 3. The molecule has 0 radical (unpaired) electrons. The van der Waals surface area contributed by atoms with Crippen LogP contribution in [0, 0.1) is 0 Å². The summed E-state index contributed by atoms with van der Waals surface area (Å²) in [6.07, 6.45) is 7.09. The number of nitrogens with one attached hydrogen (secondary N) is 2. The van der Waals surface area contributed by atoms with Gasteiger partial charge in [0.25, 0.3) is 0 Å². The van der Waals surface area contributed by atoms with E-state index < -0.39 is 0 Å². The molecule has 27 heavy (non-hydrogen) atoms. The van der Waals surface area contributed by atoms with Crippen LogP contribution in [0.25, 0.3) is 45.4 Å². The molecule has 2 N–H and O–H groups in total.